The molecular formula is C21H19ClFN3O3. The summed E-state index contributed by atoms with van der Waals surface area (Å²) >= 11 is 5.84. The molecule has 0 unspecified atom stereocenters. The maximum Gasteiger partial charge on any atom is 0.227 e. The Balaban J connectivity index is 1.40. The van der Waals surface area contributed by atoms with Crippen molar-refractivity contribution in [3.8, 4) is 5.75 Å². The van der Waals surface area contributed by atoms with Crippen molar-refractivity contribution in [3.63, 3.8) is 0 Å². The van der Waals surface area contributed by atoms with Crippen LogP contribution < -0.4 is 9.64 Å². The number of hydrogen-bond acceptors (Lipinski definition) is 5. The van der Waals surface area contributed by atoms with E-state index in [2.05, 4.69) is 10.1 Å². The zero-order valence-corrected chi connectivity index (χ0v) is 16.5. The highest BCUT2D eigenvalue weighted by atomic mass is 35.5. The molecule has 3 aromatic rings. The summed E-state index contributed by atoms with van der Waals surface area (Å²) in [4.78, 5) is 18.5. The van der Waals surface area contributed by atoms with E-state index in [1.54, 1.807) is 12.0 Å². The number of rotatable bonds is 6. The Hall–Kier alpha value is -2.93. The minimum atomic E-state index is -0.515. The molecule has 2 heterocycles. The van der Waals surface area contributed by atoms with Crippen LogP contribution in [0, 0.1) is 5.82 Å². The molecule has 29 heavy (non-hydrogen) atoms. The van der Waals surface area contributed by atoms with Gasteiger partial charge in [-0.2, -0.15) is 4.98 Å². The summed E-state index contributed by atoms with van der Waals surface area (Å²) in [6.07, 6.45) is 1.64. The van der Waals surface area contributed by atoms with E-state index in [1.807, 2.05) is 24.3 Å². The summed E-state index contributed by atoms with van der Waals surface area (Å²) in [5.74, 6) is 1.09. The van der Waals surface area contributed by atoms with Crippen LogP contribution >= 0.6 is 11.6 Å². The first-order valence-corrected chi connectivity index (χ1v) is 9.62. The number of halogens is 2. The van der Waals surface area contributed by atoms with Gasteiger partial charge in [-0.25, -0.2) is 4.39 Å². The number of aromatic nitrogens is 2. The number of carbonyl (C=O) groups is 1. The number of nitrogens with zero attached hydrogens (tertiary/aromatic N) is 3. The summed E-state index contributed by atoms with van der Waals surface area (Å²) in [5.41, 5.74) is 1.70. The maximum atomic E-state index is 13.4. The van der Waals surface area contributed by atoms with Gasteiger partial charge in [-0.05, 0) is 42.3 Å². The first-order valence-electron chi connectivity index (χ1n) is 9.24. The van der Waals surface area contributed by atoms with Crippen LogP contribution in [0.15, 0.2) is 47.0 Å². The fourth-order valence-corrected chi connectivity index (χ4v) is 3.54. The number of amides is 1. The second-order valence-corrected chi connectivity index (χ2v) is 7.31. The van der Waals surface area contributed by atoms with E-state index in [4.69, 9.17) is 20.9 Å². The van der Waals surface area contributed by atoms with Crippen LogP contribution in [0.25, 0.3) is 0 Å². The molecule has 0 radical (unpaired) electrons. The average molecular weight is 416 g/mol. The predicted octanol–water partition coefficient (Wildman–Crippen LogP) is 4.18. The topological polar surface area (TPSA) is 68.5 Å². The fraction of sp³-hybridized carbons (Fsp3) is 0.286. The van der Waals surface area contributed by atoms with Gasteiger partial charge >= 0.3 is 0 Å². The van der Waals surface area contributed by atoms with Gasteiger partial charge in [0.1, 0.15) is 11.6 Å². The SMILES string of the molecule is COc1ccc(CCc2nc([C@@H]3CC(=O)N(c4ccc(F)c(Cl)c4)C3)no2)cc1. The Bertz CT molecular complexity index is 1020. The Morgan fingerprint density at radius 3 is 2.76 bits per heavy atom. The summed E-state index contributed by atoms with van der Waals surface area (Å²) in [6, 6.07) is 12.1. The molecule has 1 aliphatic heterocycles. The third-order valence-corrected chi connectivity index (χ3v) is 5.27. The molecular weight excluding hydrogens is 397 g/mol. The van der Waals surface area contributed by atoms with Gasteiger partial charge in [-0.1, -0.05) is 28.9 Å². The van der Waals surface area contributed by atoms with Crippen molar-refractivity contribution in [2.24, 2.45) is 0 Å². The van der Waals surface area contributed by atoms with Crippen LogP contribution in [0.5, 0.6) is 5.75 Å². The van der Waals surface area contributed by atoms with Crippen molar-refractivity contribution in [1.82, 2.24) is 10.1 Å². The second-order valence-electron chi connectivity index (χ2n) is 6.90. The molecule has 4 rings (SSSR count). The lowest BCUT2D eigenvalue weighted by atomic mass is 10.1. The van der Waals surface area contributed by atoms with E-state index < -0.39 is 5.82 Å². The Kier molecular flexibility index (Phi) is 5.49. The minimum Gasteiger partial charge on any atom is -0.497 e. The Morgan fingerprint density at radius 2 is 2.03 bits per heavy atom. The standard InChI is InChI=1S/C21H19ClFN3O3/c1-28-16-6-2-13(3-7-16)4-9-19-24-21(25-29-19)14-10-20(27)26(12-14)15-5-8-18(23)17(22)11-15/h2-3,5-8,11,14H,4,9-10,12H2,1H3/t14-/m1/s1. The number of hydrogen-bond donors (Lipinski definition) is 0. The van der Waals surface area contributed by atoms with Crippen LogP contribution in [0.1, 0.15) is 29.6 Å². The van der Waals surface area contributed by atoms with E-state index in [1.165, 1.54) is 18.2 Å². The number of carbonyl (C=O) groups excluding carboxylic acids is 1. The molecule has 6 nitrogen and oxygen atoms in total. The summed E-state index contributed by atoms with van der Waals surface area (Å²) in [7, 11) is 1.63. The molecule has 1 saturated heterocycles. The van der Waals surface area contributed by atoms with Crippen LogP contribution in [-0.4, -0.2) is 29.7 Å². The molecule has 0 spiro atoms. The van der Waals surface area contributed by atoms with Gasteiger partial charge in [0.05, 0.1) is 12.1 Å². The largest absolute Gasteiger partial charge is 0.497 e. The number of ether oxygens (including phenoxy) is 1. The zero-order chi connectivity index (χ0) is 20.4. The normalized spacial score (nSPS) is 16.4. The number of aryl methyl sites for hydroxylation is 2. The van der Waals surface area contributed by atoms with Crippen molar-refractivity contribution in [1.29, 1.82) is 0 Å². The smallest absolute Gasteiger partial charge is 0.227 e. The fourth-order valence-electron chi connectivity index (χ4n) is 3.36. The molecule has 0 bridgehead atoms. The molecule has 1 atom stereocenters. The van der Waals surface area contributed by atoms with Crippen molar-refractivity contribution in [2.75, 3.05) is 18.6 Å². The van der Waals surface area contributed by atoms with Gasteiger partial charge in [-0.3, -0.25) is 4.79 Å². The lowest BCUT2D eigenvalue weighted by Gasteiger charge is -2.16. The van der Waals surface area contributed by atoms with Crippen LogP contribution in [-0.2, 0) is 17.6 Å². The highest BCUT2D eigenvalue weighted by Gasteiger charge is 2.34. The van der Waals surface area contributed by atoms with Crippen LogP contribution in [0.4, 0.5) is 10.1 Å². The zero-order valence-electron chi connectivity index (χ0n) is 15.8. The van der Waals surface area contributed by atoms with Gasteiger partial charge in [0.15, 0.2) is 5.82 Å². The first kappa shape index (κ1) is 19.4. The second kappa shape index (κ2) is 8.21. The molecule has 1 aliphatic rings. The predicted molar refractivity (Wildman–Crippen MR) is 106 cm³/mol. The number of methoxy groups -OCH3 is 1. The highest BCUT2D eigenvalue weighted by molar-refractivity contribution is 6.31. The first-order chi connectivity index (χ1) is 14.0. The van der Waals surface area contributed by atoms with E-state index in [9.17, 15) is 9.18 Å². The molecule has 150 valence electrons. The van der Waals surface area contributed by atoms with Crippen molar-refractivity contribution >= 4 is 23.2 Å². The molecule has 1 aromatic heterocycles. The monoisotopic (exact) mass is 415 g/mol. The van der Waals surface area contributed by atoms with Gasteiger partial charge in [-0.15, -0.1) is 0 Å². The van der Waals surface area contributed by atoms with Gasteiger partial charge in [0.2, 0.25) is 11.8 Å². The van der Waals surface area contributed by atoms with E-state index in [-0.39, 0.29) is 23.3 Å². The quantitative estimate of drug-likeness (QED) is 0.604. The Labute approximate surface area is 172 Å². The molecule has 0 saturated carbocycles. The van der Waals surface area contributed by atoms with Crippen LogP contribution in [0.2, 0.25) is 5.02 Å². The average Bonchev–Trinajstić information content (AvgIpc) is 3.35. The Morgan fingerprint density at radius 1 is 1.24 bits per heavy atom. The molecule has 0 N–H and O–H groups in total. The summed E-state index contributed by atoms with van der Waals surface area (Å²) < 4.78 is 23.9. The van der Waals surface area contributed by atoms with Crippen molar-refractivity contribution in [2.45, 2.75) is 25.2 Å². The molecule has 0 aliphatic carbocycles. The lowest BCUT2D eigenvalue weighted by molar-refractivity contribution is -0.117. The third kappa shape index (κ3) is 4.24. The summed E-state index contributed by atoms with van der Waals surface area (Å²) in [5, 5.41) is 4.05. The number of anilines is 1. The van der Waals surface area contributed by atoms with Crippen molar-refractivity contribution in [3.05, 3.63) is 70.6 Å². The van der Waals surface area contributed by atoms with E-state index in [0.29, 0.717) is 30.4 Å². The van der Waals surface area contributed by atoms with E-state index >= 15 is 0 Å². The maximum absolute atomic E-state index is 13.4. The molecule has 1 fully saturated rings. The number of benzene rings is 2. The van der Waals surface area contributed by atoms with Gasteiger partial charge in [0, 0.05) is 31.0 Å². The third-order valence-electron chi connectivity index (χ3n) is 4.98. The van der Waals surface area contributed by atoms with Gasteiger partial charge in [0.25, 0.3) is 0 Å². The molecule has 2 aromatic carbocycles. The highest BCUT2D eigenvalue weighted by Crippen LogP contribution is 2.32. The summed E-state index contributed by atoms with van der Waals surface area (Å²) in [6.45, 7) is 0.401. The van der Waals surface area contributed by atoms with Crippen LogP contribution in [0.3, 0.4) is 0 Å². The van der Waals surface area contributed by atoms with Crippen molar-refractivity contribution < 1.29 is 18.4 Å². The molecule has 1 amide bonds. The molecule has 8 heteroatoms. The van der Waals surface area contributed by atoms with Gasteiger partial charge < -0.3 is 14.2 Å². The minimum absolute atomic E-state index is 0.0147. The lowest BCUT2D eigenvalue weighted by Crippen LogP contribution is -2.24. The van der Waals surface area contributed by atoms with E-state index in [0.717, 1.165) is 17.7 Å².